The number of fused-ring (bicyclic) bond motifs is 1. The topological polar surface area (TPSA) is 98.8 Å². The highest BCUT2D eigenvalue weighted by Crippen LogP contribution is 2.31. The van der Waals surface area contributed by atoms with Crippen molar-refractivity contribution in [1.82, 2.24) is 15.1 Å². The average molecular weight is 462 g/mol. The van der Waals surface area contributed by atoms with E-state index in [1.165, 1.54) is 25.2 Å². The van der Waals surface area contributed by atoms with E-state index in [9.17, 15) is 23.6 Å². The summed E-state index contributed by atoms with van der Waals surface area (Å²) >= 11 is 0. The summed E-state index contributed by atoms with van der Waals surface area (Å²) in [5, 5.41) is 7.10. The van der Waals surface area contributed by atoms with Crippen LogP contribution in [0, 0.1) is 5.82 Å². The van der Waals surface area contributed by atoms with Crippen molar-refractivity contribution < 1.29 is 23.6 Å². The normalized spacial score (nSPS) is 17.6. The summed E-state index contributed by atoms with van der Waals surface area (Å²) in [5.41, 5.74) is -0.470. The fourth-order valence-electron chi connectivity index (χ4n) is 3.86. The Kier molecular flexibility index (Phi) is 6.02. The number of carbonyl (C=O) groups excluding carboxylic acids is 4. The maximum atomic E-state index is 13.3. The fourth-order valence-corrected chi connectivity index (χ4v) is 3.86. The van der Waals surface area contributed by atoms with Gasteiger partial charge in [0, 0.05) is 12.7 Å². The molecule has 3 aromatic carbocycles. The van der Waals surface area contributed by atoms with E-state index in [0.717, 1.165) is 26.6 Å². The van der Waals surface area contributed by atoms with Crippen molar-refractivity contribution in [1.29, 1.82) is 0 Å². The Hall–Kier alpha value is -4.27. The summed E-state index contributed by atoms with van der Waals surface area (Å²) in [4.78, 5) is 52.6. The van der Waals surface area contributed by atoms with Gasteiger partial charge < -0.3 is 15.5 Å². The van der Waals surface area contributed by atoms with Gasteiger partial charge in [0.1, 0.15) is 17.9 Å². The van der Waals surface area contributed by atoms with Crippen LogP contribution in [0.15, 0.2) is 66.7 Å². The molecular weight excluding hydrogens is 439 g/mol. The van der Waals surface area contributed by atoms with Crippen LogP contribution in [0.2, 0.25) is 0 Å². The first-order valence-electron chi connectivity index (χ1n) is 10.6. The first-order chi connectivity index (χ1) is 16.2. The monoisotopic (exact) mass is 462 g/mol. The van der Waals surface area contributed by atoms with Gasteiger partial charge in [-0.3, -0.25) is 19.3 Å². The zero-order valence-corrected chi connectivity index (χ0v) is 18.7. The van der Waals surface area contributed by atoms with E-state index < -0.39 is 41.7 Å². The molecule has 0 radical (unpaired) electrons. The summed E-state index contributed by atoms with van der Waals surface area (Å²) in [7, 11) is 1.38. The van der Waals surface area contributed by atoms with Crippen molar-refractivity contribution in [2.75, 3.05) is 25.5 Å². The van der Waals surface area contributed by atoms with Crippen molar-refractivity contribution in [3.05, 3.63) is 78.1 Å². The van der Waals surface area contributed by atoms with Gasteiger partial charge in [-0.05, 0) is 47.5 Å². The van der Waals surface area contributed by atoms with Crippen LogP contribution >= 0.6 is 0 Å². The van der Waals surface area contributed by atoms with E-state index in [1.807, 2.05) is 36.4 Å². The highest BCUT2D eigenvalue weighted by atomic mass is 19.1. The molecule has 34 heavy (non-hydrogen) atoms. The SMILES string of the molecule is CN(CC(=O)Nc1cccc(F)c1)C(=O)CN1C(=O)NC(C)(c2ccc3ccccc3c2)C1=O. The molecule has 0 spiro atoms. The Morgan fingerprint density at radius 3 is 2.50 bits per heavy atom. The number of rotatable bonds is 6. The van der Waals surface area contributed by atoms with Crippen LogP contribution in [0.1, 0.15) is 12.5 Å². The van der Waals surface area contributed by atoms with Crippen LogP contribution in [0.25, 0.3) is 10.8 Å². The molecule has 5 amide bonds. The maximum Gasteiger partial charge on any atom is 0.325 e. The highest BCUT2D eigenvalue weighted by Gasteiger charge is 2.49. The van der Waals surface area contributed by atoms with Crippen molar-refractivity contribution in [3.63, 3.8) is 0 Å². The molecular formula is C25H23FN4O4. The van der Waals surface area contributed by atoms with Gasteiger partial charge in [-0.1, -0.05) is 42.5 Å². The Bertz CT molecular complexity index is 1310. The molecule has 1 fully saturated rings. The van der Waals surface area contributed by atoms with Gasteiger partial charge in [0.15, 0.2) is 0 Å². The maximum absolute atomic E-state index is 13.3. The number of anilines is 1. The molecule has 174 valence electrons. The molecule has 9 heteroatoms. The first kappa shape index (κ1) is 22.9. The largest absolute Gasteiger partial charge is 0.335 e. The minimum atomic E-state index is -1.32. The van der Waals surface area contributed by atoms with E-state index in [1.54, 1.807) is 13.0 Å². The van der Waals surface area contributed by atoms with Crippen LogP contribution in [0.3, 0.4) is 0 Å². The Morgan fingerprint density at radius 2 is 1.76 bits per heavy atom. The second kappa shape index (κ2) is 8.93. The quantitative estimate of drug-likeness (QED) is 0.551. The summed E-state index contributed by atoms with van der Waals surface area (Å²) < 4.78 is 13.3. The lowest BCUT2D eigenvalue weighted by molar-refractivity contribution is -0.139. The van der Waals surface area contributed by atoms with Crippen LogP contribution in [0.5, 0.6) is 0 Å². The van der Waals surface area contributed by atoms with Gasteiger partial charge in [0.2, 0.25) is 11.8 Å². The lowest BCUT2D eigenvalue weighted by atomic mass is 9.90. The number of nitrogens with one attached hydrogen (secondary N) is 2. The second-order valence-corrected chi connectivity index (χ2v) is 8.32. The molecule has 1 aliphatic rings. The number of carbonyl (C=O) groups is 4. The summed E-state index contributed by atoms with van der Waals surface area (Å²) in [6.07, 6.45) is 0. The van der Waals surface area contributed by atoms with Crippen LogP contribution in [-0.2, 0) is 19.9 Å². The zero-order chi connectivity index (χ0) is 24.5. The van der Waals surface area contributed by atoms with Gasteiger partial charge in [-0.25, -0.2) is 9.18 Å². The third-order valence-corrected chi connectivity index (χ3v) is 5.81. The Balaban J connectivity index is 1.42. The van der Waals surface area contributed by atoms with Crippen LogP contribution < -0.4 is 10.6 Å². The smallest absolute Gasteiger partial charge is 0.325 e. The minimum Gasteiger partial charge on any atom is -0.335 e. The lowest BCUT2D eigenvalue weighted by Gasteiger charge is -2.23. The molecule has 1 atom stereocenters. The number of hydrogen-bond acceptors (Lipinski definition) is 4. The number of likely N-dealkylation sites (N-methyl/N-ethyl adjacent to an activating group) is 1. The summed E-state index contributed by atoms with van der Waals surface area (Å²) in [6, 6.07) is 17.8. The number of urea groups is 1. The number of nitrogens with zero attached hydrogens (tertiary/aromatic N) is 2. The highest BCUT2D eigenvalue weighted by molar-refractivity contribution is 6.09. The molecule has 0 aliphatic carbocycles. The molecule has 1 unspecified atom stereocenters. The van der Waals surface area contributed by atoms with Gasteiger partial charge in [0.05, 0.1) is 6.54 Å². The summed E-state index contributed by atoms with van der Waals surface area (Å²) in [5.74, 6) is -2.20. The fraction of sp³-hybridized carbons (Fsp3) is 0.200. The molecule has 1 saturated heterocycles. The number of hydrogen-bond donors (Lipinski definition) is 2. The van der Waals surface area contributed by atoms with Crippen molar-refractivity contribution in [3.8, 4) is 0 Å². The number of imide groups is 1. The summed E-state index contributed by atoms with van der Waals surface area (Å²) in [6.45, 7) is 0.747. The van der Waals surface area contributed by atoms with Gasteiger partial charge in [-0.2, -0.15) is 0 Å². The number of benzene rings is 3. The number of halogens is 1. The van der Waals surface area contributed by atoms with Crippen LogP contribution in [0.4, 0.5) is 14.9 Å². The van der Waals surface area contributed by atoms with Gasteiger partial charge in [-0.15, -0.1) is 0 Å². The molecule has 8 nitrogen and oxygen atoms in total. The average Bonchev–Trinajstić information content (AvgIpc) is 3.02. The Morgan fingerprint density at radius 1 is 1.03 bits per heavy atom. The second-order valence-electron chi connectivity index (χ2n) is 8.32. The van der Waals surface area contributed by atoms with Gasteiger partial charge >= 0.3 is 6.03 Å². The standard InChI is InChI=1S/C25H23FN4O4/c1-25(18-11-10-16-6-3-4-7-17(16)12-18)23(33)30(24(34)28-25)15-22(32)29(2)14-21(31)27-20-9-5-8-19(26)13-20/h3-13H,14-15H2,1-2H3,(H,27,31)(H,28,34). The first-order valence-corrected chi connectivity index (χ1v) is 10.6. The van der Waals surface area contributed by atoms with Crippen molar-refractivity contribution >= 4 is 40.2 Å². The third kappa shape index (κ3) is 4.45. The van der Waals surface area contributed by atoms with Crippen molar-refractivity contribution in [2.45, 2.75) is 12.5 Å². The predicted molar refractivity (Wildman–Crippen MR) is 124 cm³/mol. The molecule has 1 heterocycles. The molecule has 2 N–H and O–H groups in total. The zero-order valence-electron chi connectivity index (χ0n) is 18.7. The number of amides is 5. The molecule has 0 bridgehead atoms. The van der Waals surface area contributed by atoms with E-state index in [2.05, 4.69) is 10.6 Å². The lowest BCUT2D eigenvalue weighted by Crippen LogP contribution is -2.45. The van der Waals surface area contributed by atoms with E-state index in [0.29, 0.717) is 5.56 Å². The minimum absolute atomic E-state index is 0.256. The van der Waals surface area contributed by atoms with Crippen LogP contribution in [-0.4, -0.2) is 53.7 Å². The molecule has 0 saturated carbocycles. The third-order valence-electron chi connectivity index (χ3n) is 5.81. The van der Waals surface area contributed by atoms with Crippen molar-refractivity contribution in [2.24, 2.45) is 0 Å². The van der Waals surface area contributed by atoms with Gasteiger partial charge in [0.25, 0.3) is 5.91 Å². The van der Waals surface area contributed by atoms with E-state index >= 15 is 0 Å². The predicted octanol–water partition coefficient (Wildman–Crippen LogP) is 2.84. The molecule has 4 rings (SSSR count). The van der Waals surface area contributed by atoms with E-state index in [-0.39, 0.29) is 12.2 Å². The van der Waals surface area contributed by atoms with E-state index in [4.69, 9.17) is 0 Å². The molecule has 3 aromatic rings. The molecule has 1 aliphatic heterocycles. The Labute approximate surface area is 195 Å². The molecule has 0 aromatic heterocycles.